The van der Waals surface area contributed by atoms with Gasteiger partial charge >= 0.3 is 6.03 Å². The summed E-state index contributed by atoms with van der Waals surface area (Å²) in [6.07, 6.45) is 3.47. The predicted molar refractivity (Wildman–Crippen MR) is 116 cm³/mol. The molecule has 2 N–H and O–H groups in total. The number of urea groups is 1. The molecule has 0 aliphatic heterocycles. The molecule has 4 aromatic rings. The molecule has 0 saturated carbocycles. The fraction of sp³-hybridized carbons (Fsp3) is 0.0833. The third-order valence-corrected chi connectivity index (χ3v) is 4.83. The number of aromatic nitrogens is 1. The van der Waals surface area contributed by atoms with Crippen molar-refractivity contribution in [3.05, 3.63) is 90.5 Å². The van der Waals surface area contributed by atoms with Crippen molar-refractivity contribution in [1.29, 1.82) is 0 Å². The van der Waals surface area contributed by atoms with Crippen LogP contribution in [0.1, 0.15) is 5.56 Å². The molecule has 4 rings (SSSR count). The highest BCUT2D eigenvalue weighted by Crippen LogP contribution is 2.30. The zero-order chi connectivity index (χ0) is 20.9. The lowest BCUT2D eigenvalue weighted by Crippen LogP contribution is -2.28. The molecule has 0 unspecified atom stereocenters. The van der Waals surface area contributed by atoms with Gasteiger partial charge in [-0.05, 0) is 64.5 Å². The second kappa shape index (κ2) is 8.61. The number of hydrogen-bond donors (Lipinski definition) is 2. The molecule has 1 heterocycles. The molecule has 0 radical (unpaired) electrons. The molecule has 0 saturated heterocycles. The number of nitrogens with zero attached hydrogens (tertiary/aromatic N) is 1. The molecule has 6 heteroatoms. The lowest BCUT2D eigenvalue weighted by atomic mass is 9.96. The monoisotopic (exact) mass is 401 g/mol. The first-order valence-corrected chi connectivity index (χ1v) is 9.44. The van der Waals surface area contributed by atoms with E-state index in [-0.39, 0.29) is 11.8 Å². The van der Waals surface area contributed by atoms with Gasteiger partial charge in [0, 0.05) is 30.0 Å². The van der Waals surface area contributed by atoms with Crippen LogP contribution < -0.4 is 15.4 Å². The number of anilines is 1. The summed E-state index contributed by atoms with van der Waals surface area (Å²) in [5.41, 5.74) is 3.30. The van der Waals surface area contributed by atoms with Crippen LogP contribution in [0.4, 0.5) is 14.9 Å². The summed E-state index contributed by atoms with van der Waals surface area (Å²) >= 11 is 0. The van der Waals surface area contributed by atoms with E-state index in [1.54, 1.807) is 49.8 Å². The number of nitrogens with one attached hydrogen (secondary N) is 2. The predicted octanol–water partition coefficient (Wildman–Crippen LogP) is 5.37. The van der Waals surface area contributed by atoms with Crippen molar-refractivity contribution in [1.82, 2.24) is 10.3 Å². The quantitative estimate of drug-likeness (QED) is 0.472. The Balaban J connectivity index is 1.53. The van der Waals surface area contributed by atoms with E-state index in [1.165, 1.54) is 12.1 Å². The average molecular weight is 401 g/mol. The van der Waals surface area contributed by atoms with E-state index in [0.29, 0.717) is 12.2 Å². The van der Waals surface area contributed by atoms with Gasteiger partial charge in [0.05, 0.1) is 7.11 Å². The molecule has 0 spiro atoms. The number of methoxy groups -OCH3 is 1. The van der Waals surface area contributed by atoms with Crippen LogP contribution in [-0.4, -0.2) is 18.1 Å². The molecule has 0 aliphatic carbocycles. The second-order valence-corrected chi connectivity index (χ2v) is 6.74. The number of amides is 2. The van der Waals surface area contributed by atoms with Gasteiger partial charge in [0.2, 0.25) is 0 Å². The van der Waals surface area contributed by atoms with Gasteiger partial charge in [-0.25, -0.2) is 9.18 Å². The van der Waals surface area contributed by atoms with Crippen molar-refractivity contribution in [3.63, 3.8) is 0 Å². The summed E-state index contributed by atoms with van der Waals surface area (Å²) in [7, 11) is 1.59. The van der Waals surface area contributed by atoms with Gasteiger partial charge in [-0.2, -0.15) is 0 Å². The molecule has 2 amide bonds. The Hall–Kier alpha value is -3.93. The summed E-state index contributed by atoms with van der Waals surface area (Å²) in [5, 5.41) is 7.52. The number of hydrogen-bond acceptors (Lipinski definition) is 3. The van der Waals surface area contributed by atoms with Gasteiger partial charge in [-0.3, -0.25) is 4.98 Å². The molecule has 3 aromatic carbocycles. The largest absolute Gasteiger partial charge is 0.497 e. The maximum atomic E-state index is 13.7. The van der Waals surface area contributed by atoms with Crippen molar-refractivity contribution >= 4 is 22.5 Å². The standard InChI is InChI=1S/C24H20FN3O2/c1-30-20-8-6-19(7-9-20)28-24(29)27-14-17-5-10-21(16-3-2-4-18(25)13-16)22-11-12-26-15-23(17)22/h2-13,15H,14H2,1H3,(H2,27,28,29). The Morgan fingerprint density at radius 2 is 1.87 bits per heavy atom. The Kier molecular flexibility index (Phi) is 5.57. The summed E-state index contributed by atoms with van der Waals surface area (Å²) in [6, 6.07) is 19.0. The lowest BCUT2D eigenvalue weighted by molar-refractivity contribution is 0.252. The zero-order valence-corrected chi connectivity index (χ0v) is 16.4. The molecular weight excluding hydrogens is 381 g/mol. The van der Waals surface area contributed by atoms with E-state index < -0.39 is 0 Å². The summed E-state index contributed by atoms with van der Waals surface area (Å²) < 4.78 is 18.8. The first-order chi connectivity index (χ1) is 14.6. The Morgan fingerprint density at radius 3 is 2.63 bits per heavy atom. The van der Waals surface area contributed by atoms with Crippen LogP contribution in [0.3, 0.4) is 0 Å². The maximum absolute atomic E-state index is 13.7. The number of carbonyl (C=O) groups excluding carboxylic acids is 1. The molecule has 1 aromatic heterocycles. The zero-order valence-electron chi connectivity index (χ0n) is 16.4. The van der Waals surface area contributed by atoms with E-state index >= 15 is 0 Å². The summed E-state index contributed by atoms with van der Waals surface area (Å²) in [6.45, 7) is 0.327. The first-order valence-electron chi connectivity index (χ1n) is 9.44. The van der Waals surface area contributed by atoms with E-state index in [1.807, 2.05) is 24.3 Å². The first kappa shape index (κ1) is 19.4. The maximum Gasteiger partial charge on any atom is 0.319 e. The van der Waals surface area contributed by atoms with Crippen LogP contribution in [0, 0.1) is 5.82 Å². The van der Waals surface area contributed by atoms with Crippen LogP contribution in [0.2, 0.25) is 0 Å². The molecular formula is C24H20FN3O2. The SMILES string of the molecule is COc1ccc(NC(=O)NCc2ccc(-c3cccc(F)c3)c3ccncc23)cc1. The average Bonchev–Trinajstić information content (AvgIpc) is 2.78. The van der Waals surface area contributed by atoms with Crippen molar-refractivity contribution in [2.45, 2.75) is 6.54 Å². The number of carbonyl (C=O) groups is 1. The normalized spacial score (nSPS) is 10.6. The molecule has 0 atom stereocenters. The fourth-order valence-corrected chi connectivity index (χ4v) is 3.34. The Morgan fingerprint density at radius 1 is 1.03 bits per heavy atom. The van der Waals surface area contributed by atoms with Gasteiger partial charge in [0.1, 0.15) is 11.6 Å². The number of benzene rings is 3. The van der Waals surface area contributed by atoms with Crippen LogP contribution in [0.15, 0.2) is 79.1 Å². The molecule has 5 nitrogen and oxygen atoms in total. The Labute approximate surface area is 173 Å². The van der Waals surface area contributed by atoms with E-state index in [9.17, 15) is 9.18 Å². The number of pyridine rings is 1. The minimum Gasteiger partial charge on any atom is -0.497 e. The molecule has 0 aliphatic rings. The van der Waals surface area contributed by atoms with Crippen molar-refractivity contribution in [2.24, 2.45) is 0 Å². The van der Waals surface area contributed by atoms with Gasteiger partial charge in [0.15, 0.2) is 0 Å². The fourth-order valence-electron chi connectivity index (χ4n) is 3.34. The highest BCUT2D eigenvalue weighted by Gasteiger charge is 2.10. The third kappa shape index (κ3) is 4.22. The number of fused-ring (bicyclic) bond motifs is 1. The highest BCUT2D eigenvalue weighted by molar-refractivity contribution is 5.98. The number of ether oxygens (including phenoxy) is 1. The van der Waals surface area contributed by atoms with Crippen molar-refractivity contribution in [3.8, 4) is 16.9 Å². The third-order valence-electron chi connectivity index (χ3n) is 4.83. The molecule has 150 valence electrons. The van der Waals surface area contributed by atoms with E-state index in [4.69, 9.17) is 4.74 Å². The number of rotatable bonds is 5. The minimum atomic E-state index is -0.314. The smallest absolute Gasteiger partial charge is 0.319 e. The molecule has 0 fully saturated rings. The van der Waals surface area contributed by atoms with E-state index in [2.05, 4.69) is 15.6 Å². The summed E-state index contributed by atoms with van der Waals surface area (Å²) in [4.78, 5) is 16.5. The van der Waals surface area contributed by atoms with Crippen molar-refractivity contribution < 1.29 is 13.9 Å². The van der Waals surface area contributed by atoms with Crippen LogP contribution in [0.25, 0.3) is 21.9 Å². The lowest BCUT2D eigenvalue weighted by Gasteiger charge is -2.13. The Bertz CT molecular complexity index is 1190. The second-order valence-electron chi connectivity index (χ2n) is 6.74. The minimum absolute atomic E-state index is 0.282. The topological polar surface area (TPSA) is 63.2 Å². The van der Waals surface area contributed by atoms with E-state index in [0.717, 1.165) is 33.2 Å². The van der Waals surface area contributed by atoms with Crippen molar-refractivity contribution in [2.75, 3.05) is 12.4 Å². The summed E-state index contributed by atoms with van der Waals surface area (Å²) in [5.74, 6) is 0.439. The van der Waals surface area contributed by atoms with Gasteiger partial charge in [0.25, 0.3) is 0 Å². The van der Waals surface area contributed by atoms with Gasteiger partial charge < -0.3 is 15.4 Å². The van der Waals surface area contributed by atoms with Gasteiger partial charge in [-0.15, -0.1) is 0 Å². The van der Waals surface area contributed by atoms with Gasteiger partial charge in [-0.1, -0.05) is 24.3 Å². The van der Waals surface area contributed by atoms with Crippen LogP contribution in [-0.2, 0) is 6.54 Å². The van der Waals surface area contributed by atoms with Crippen LogP contribution >= 0.6 is 0 Å². The highest BCUT2D eigenvalue weighted by atomic mass is 19.1. The molecule has 30 heavy (non-hydrogen) atoms. The molecule has 0 bridgehead atoms. The number of halogens is 1. The van der Waals surface area contributed by atoms with Crippen LogP contribution in [0.5, 0.6) is 5.75 Å².